The maximum atomic E-state index is 11.9. The number of fused-ring (bicyclic) bond motifs is 1. The molecule has 0 fully saturated rings. The van der Waals surface area contributed by atoms with Crippen LogP contribution in [0.3, 0.4) is 0 Å². The normalized spacial score (nSPS) is 10.8. The van der Waals surface area contributed by atoms with E-state index in [4.69, 9.17) is 4.74 Å². The molecule has 3 heterocycles. The molecule has 0 atom stereocenters. The van der Waals surface area contributed by atoms with Gasteiger partial charge in [0, 0.05) is 11.6 Å². The second-order valence-electron chi connectivity index (χ2n) is 5.41. The van der Waals surface area contributed by atoms with Crippen molar-refractivity contribution in [2.24, 2.45) is 0 Å². The maximum Gasteiger partial charge on any atom is 0.261 e. The fraction of sp³-hybridized carbons (Fsp3) is 0.111. The maximum absolute atomic E-state index is 11.9. The van der Waals surface area contributed by atoms with Gasteiger partial charge in [-0.1, -0.05) is 36.4 Å². The van der Waals surface area contributed by atoms with Crippen LogP contribution in [0.15, 0.2) is 60.0 Å². The highest BCUT2D eigenvalue weighted by Gasteiger charge is 2.10. The minimum absolute atomic E-state index is 0.0998. The van der Waals surface area contributed by atoms with Gasteiger partial charge in [-0.15, -0.1) is 26.6 Å². The number of carbonyl (C=O) groups excluding carboxylic acids is 1. The summed E-state index contributed by atoms with van der Waals surface area (Å²) in [5.41, 5.74) is 1.56. The Bertz CT molecular complexity index is 1010. The van der Waals surface area contributed by atoms with Gasteiger partial charge in [-0.25, -0.2) is 0 Å². The Labute approximate surface area is 153 Å². The summed E-state index contributed by atoms with van der Waals surface area (Å²) in [6.07, 6.45) is 0. The van der Waals surface area contributed by atoms with Gasteiger partial charge in [0.1, 0.15) is 6.61 Å². The minimum atomic E-state index is -0.0998. The summed E-state index contributed by atoms with van der Waals surface area (Å²) in [4.78, 5) is 12.5. The molecule has 0 saturated heterocycles. The second-order valence-corrected chi connectivity index (χ2v) is 6.36. The molecule has 7 nitrogen and oxygen atoms in total. The van der Waals surface area contributed by atoms with Crippen LogP contribution in [-0.2, 0) is 0 Å². The van der Waals surface area contributed by atoms with Gasteiger partial charge >= 0.3 is 0 Å². The van der Waals surface area contributed by atoms with Gasteiger partial charge in [0.15, 0.2) is 11.5 Å². The molecular formula is C18H15N5O2S. The first-order valence-electron chi connectivity index (χ1n) is 8.04. The lowest BCUT2D eigenvalue weighted by atomic mass is 10.2. The summed E-state index contributed by atoms with van der Waals surface area (Å²) in [5, 5.41) is 17.4. The fourth-order valence-electron chi connectivity index (χ4n) is 2.43. The highest BCUT2D eigenvalue weighted by Crippen LogP contribution is 2.18. The summed E-state index contributed by atoms with van der Waals surface area (Å²) in [6, 6.07) is 16.9. The number of nitrogens with one attached hydrogen (secondary N) is 1. The Morgan fingerprint density at radius 2 is 1.96 bits per heavy atom. The molecule has 0 spiro atoms. The third-order valence-electron chi connectivity index (χ3n) is 3.65. The van der Waals surface area contributed by atoms with Crippen LogP contribution in [0.25, 0.3) is 17.0 Å². The molecule has 1 aromatic carbocycles. The number of benzene rings is 1. The van der Waals surface area contributed by atoms with E-state index in [1.807, 2.05) is 41.8 Å². The van der Waals surface area contributed by atoms with E-state index in [0.29, 0.717) is 35.4 Å². The van der Waals surface area contributed by atoms with Crippen molar-refractivity contribution in [1.82, 2.24) is 25.1 Å². The van der Waals surface area contributed by atoms with Crippen molar-refractivity contribution in [3.05, 3.63) is 64.9 Å². The average molecular weight is 365 g/mol. The summed E-state index contributed by atoms with van der Waals surface area (Å²) >= 11 is 1.40. The minimum Gasteiger partial charge on any atom is -0.475 e. The highest BCUT2D eigenvalue weighted by molar-refractivity contribution is 7.12. The van der Waals surface area contributed by atoms with Gasteiger partial charge in [0.25, 0.3) is 5.91 Å². The van der Waals surface area contributed by atoms with Gasteiger partial charge in [-0.3, -0.25) is 4.79 Å². The molecule has 0 aliphatic rings. The van der Waals surface area contributed by atoms with Gasteiger partial charge < -0.3 is 10.1 Å². The SMILES string of the molecule is O=C(NCCOc1ccc2nnc(-c3ccccc3)n2n1)c1cccs1. The topological polar surface area (TPSA) is 81.4 Å². The van der Waals surface area contributed by atoms with Crippen LogP contribution in [-0.4, -0.2) is 38.9 Å². The van der Waals surface area contributed by atoms with Crippen molar-refractivity contribution in [2.45, 2.75) is 0 Å². The molecule has 0 bridgehead atoms. The van der Waals surface area contributed by atoms with Crippen molar-refractivity contribution < 1.29 is 9.53 Å². The van der Waals surface area contributed by atoms with E-state index in [1.165, 1.54) is 11.3 Å². The smallest absolute Gasteiger partial charge is 0.261 e. The summed E-state index contributed by atoms with van der Waals surface area (Å²) in [6.45, 7) is 0.711. The molecule has 0 aliphatic heterocycles. The molecule has 0 aliphatic carbocycles. The summed E-state index contributed by atoms with van der Waals surface area (Å²) < 4.78 is 7.29. The van der Waals surface area contributed by atoms with E-state index in [9.17, 15) is 4.79 Å². The third kappa shape index (κ3) is 3.40. The zero-order chi connectivity index (χ0) is 17.8. The van der Waals surface area contributed by atoms with Gasteiger partial charge in [0.2, 0.25) is 5.88 Å². The lowest BCUT2D eigenvalue weighted by molar-refractivity contribution is 0.0950. The van der Waals surface area contributed by atoms with E-state index in [0.717, 1.165) is 5.56 Å². The van der Waals surface area contributed by atoms with Gasteiger partial charge in [-0.05, 0) is 17.5 Å². The molecular weight excluding hydrogens is 350 g/mol. The van der Waals surface area contributed by atoms with E-state index < -0.39 is 0 Å². The number of hydrogen-bond acceptors (Lipinski definition) is 6. The first-order valence-corrected chi connectivity index (χ1v) is 8.91. The lowest BCUT2D eigenvalue weighted by Gasteiger charge is -2.07. The lowest BCUT2D eigenvalue weighted by Crippen LogP contribution is -2.27. The third-order valence-corrected chi connectivity index (χ3v) is 4.52. The molecule has 0 saturated carbocycles. The zero-order valence-corrected chi connectivity index (χ0v) is 14.5. The van der Waals surface area contributed by atoms with E-state index in [-0.39, 0.29) is 5.91 Å². The Kier molecular flexibility index (Phi) is 4.57. The highest BCUT2D eigenvalue weighted by atomic mass is 32.1. The molecule has 26 heavy (non-hydrogen) atoms. The monoisotopic (exact) mass is 365 g/mol. The Balaban J connectivity index is 1.42. The van der Waals surface area contributed by atoms with Crippen molar-refractivity contribution in [3.63, 3.8) is 0 Å². The molecule has 4 rings (SSSR count). The number of thiophene rings is 1. The number of aromatic nitrogens is 4. The second kappa shape index (κ2) is 7.32. The predicted octanol–water partition coefficient (Wildman–Crippen LogP) is 2.66. The molecule has 3 aromatic heterocycles. The molecule has 0 radical (unpaired) electrons. The van der Waals surface area contributed by atoms with E-state index in [2.05, 4.69) is 20.6 Å². The van der Waals surface area contributed by atoms with Crippen LogP contribution in [0.1, 0.15) is 9.67 Å². The number of hydrogen-bond donors (Lipinski definition) is 1. The van der Waals surface area contributed by atoms with Crippen molar-refractivity contribution >= 4 is 22.9 Å². The van der Waals surface area contributed by atoms with E-state index >= 15 is 0 Å². The molecule has 130 valence electrons. The van der Waals surface area contributed by atoms with E-state index in [1.54, 1.807) is 22.7 Å². The van der Waals surface area contributed by atoms with Crippen molar-refractivity contribution in [1.29, 1.82) is 0 Å². The van der Waals surface area contributed by atoms with Crippen LogP contribution in [0.5, 0.6) is 5.88 Å². The number of carbonyl (C=O) groups is 1. The first kappa shape index (κ1) is 16.2. The summed E-state index contributed by atoms with van der Waals surface area (Å²) in [7, 11) is 0. The van der Waals surface area contributed by atoms with Gasteiger partial charge in [0.05, 0.1) is 11.4 Å². The van der Waals surface area contributed by atoms with Crippen LogP contribution < -0.4 is 10.1 Å². The van der Waals surface area contributed by atoms with Gasteiger partial charge in [-0.2, -0.15) is 4.52 Å². The molecule has 8 heteroatoms. The summed E-state index contributed by atoms with van der Waals surface area (Å²) in [5.74, 6) is 0.995. The number of rotatable bonds is 6. The Morgan fingerprint density at radius 3 is 2.77 bits per heavy atom. The van der Waals surface area contributed by atoms with Crippen LogP contribution >= 0.6 is 11.3 Å². The number of nitrogens with zero attached hydrogens (tertiary/aromatic N) is 4. The van der Waals surface area contributed by atoms with Crippen LogP contribution in [0.2, 0.25) is 0 Å². The predicted molar refractivity (Wildman–Crippen MR) is 98.4 cm³/mol. The quantitative estimate of drug-likeness (QED) is 0.531. The number of amides is 1. The Hall–Kier alpha value is -3.26. The molecule has 1 amide bonds. The molecule has 0 unspecified atom stereocenters. The fourth-order valence-corrected chi connectivity index (χ4v) is 3.07. The largest absolute Gasteiger partial charge is 0.475 e. The molecule has 4 aromatic rings. The van der Waals surface area contributed by atoms with Crippen LogP contribution in [0, 0.1) is 0 Å². The average Bonchev–Trinajstić information content (AvgIpc) is 3.35. The van der Waals surface area contributed by atoms with Crippen molar-refractivity contribution in [3.8, 4) is 17.3 Å². The number of ether oxygens (including phenoxy) is 1. The molecule has 1 N–H and O–H groups in total. The standard InChI is InChI=1S/C18H15N5O2S/c24-18(14-7-4-12-26-14)19-10-11-25-16-9-8-15-20-21-17(23(15)22-16)13-5-2-1-3-6-13/h1-9,12H,10-11H2,(H,19,24). The zero-order valence-electron chi connectivity index (χ0n) is 13.7. The van der Waals surface area contributed by atoms with Crippen molar-refractivity contribution in [2.75, 3.05) is 13.2 Å². The Morgan fingerprint density at radius 1 is 1.08 bits per heavy atom. The first-order chi connectivity index (χ1) is 12.8. The van der Waals surface area contributed by atoms with Crippen LogP contribution in [0.4, 0.5) is 0 Å².